The van der Waals surface area contributed by atoms with Gasteiger partial charge in [0.05, 0.1) is 23.9 Å². The molecule has 0 spiro atoms. The van der Waals surface area contributed by atoms with E-state index < -0.39 is 77.0 Å². The highest BCUT2D eigenvalue weighted by Crippen LogP contribution is 2.51. The minimum Gasteiger partial charge on any atom is -0.507 e. The molecule has 0 heterocycles. The van der Waals surface area contributed by atoms with Crippen LogP contribution in [-0.2, 0) is 32.1 Å². The van der Waals surface area contributed by atoms with Crippen LogP contribution in [0.5, 0.6) is 5.75 Å². The van der Waals surface area contributed by atoms with Crippen molar-refractivity contribution in [3.63, 3.8) is 0 Å². The molecule has 6 atom stereocenters. The third-order valence-electron chi connectivity index (χ3n) is 9.12. The van der Waals surface area contributed by atoms with Gasteiger partial charge in [-0.3, -0.25) is 28.9 Å². The highest BCUT2D eigenvalue weighted by Gasteiger charge is 2.69. The molecule has 5 N–H and O–H groups in total. The molecule has 0 bridgehead atoms. The van der Waals surface area contributed by atoms with Gasteiger partial charge >= 0.3 is 6.18 Å². The number of amides is 1. The number of alkyl halides is 3. The Bertz CT molecular complexity index is 1560. The van der Waals surface area contributed by atoms with E-state index in [-0.39, 0.29) is 37.2 Å². The van der Waals surface area contributed by atoms with Crippen molar-refractivity contribution in [2.24, 2.45) is 29.4 Å². The minimum absolute atomic E-state index is 0.0679. The number of aliphatic hydroxyl groups is 1. The van der Waals surface area contributed by atoms with Gasteiger partial charge in [0.25, 0.3) is 0 Å². The first-order valence-electron chi connectivity index (χ1n) is 14.1. The number of ketones is 4. The number of hydrogen-bond acceptors (Lipinski definition) is 9. The lowest BCUT2D eigenvalue weighted by Gasteiger charge is -2.52. The molecule has 13 heteroatoms. The van der Waals surface area contributed by atoms with E-state index in [2.05, 4.69) is 5.32 Å². The standard InChI is InChI=1S/C31H32F3N3O7/c1-37(2)24-19-12-16-11-18-17(15-5-3-14(4-6-15)13-36-10-9-30(32,33)34)7-8-20(38)22(18)25(39)21(16)27(41)31(19,44)28(42)23(26(24)40)29(35)43/h3-8,16,19,21,23-24,36,38,44H,9-13H2,1-2H3,(H2,35,43)/t16-,19-,21?,23?,24-,31-/m0/s1. The van der Waals surface area contributed by atoms with Crippen LogP contribution in [0.3, 0.4) is 0 Å². The normalized spacial score (nSPS) is 28.5. The predicted octanol–water partition coefficient (Wildman–Crippen LogP) is 1.58. The first-order valence-corrected chi connectivity index (χ1v) is 14.1. The highest BCUT2D eigenvalue weighted by atomic mass is 19.4. The molecule has 234 valence electrons. The second kappa shape index (κ2) is 11.2. The summed E-state index contributed by atoms with van der Waals surface area (Å²) in [6.07, 6.45) is -5.17. The highest BCUT2D eigenvalue weighted by molar-refractivity contribution is 6.32. The molecule has 2 aromatic carbocycles. The molecule has 0 radical (unpaired) electrons. The van der Waals surface area contributed by atoms with Gasteiger partial charge in [0.2, 0.25) is 5.91 Å². The molecule has 44 heavy (non-hydrogen) atoms. The van der Waals surface area contributed by atoms with Crippen molar-refractivity contribution in [3.05, 3.63) is 53.1 Å². The van der Waals surface area contributed by atoms with Crippen LogP contribution in [0, 0.1) is 23.7 Å². The molecule has 3 aliphatic rings. The minimum atomic E-state index is -4.26. The lowest BCUT2D eigenvalue weighted by atomic mass is 9.52. The van der Waals surface area contributed by atoms with Gasteiger partial charge < -0.3 is 21.3 Å². The van der Waals surface area contributed by atoms with E-state index in [1.165, 1.54) is 25.1 Å². The number of aromatic hydroxyl groups is 1. The first-order chi connectivity index (χ1) is 20.6. The van der Waals surface area contributed by atoms with Crippen molar-refractivity contribution in [3.8, 4) is 16.9 Å². The number of nitrogens with one attached hydrogen (secondary N) is 1. The Kier molecular flexibility index (Phi) is 8.02. The van der Waals surface area contributed by atoms with Gasteiger partial charge in [0.15, 0.2) is 34.7 Å². The fourth-order valence-corrected chi connectivity index (χ4v) is 7.14. The average molecular weight is 616 g/mol. The number of hydrogen-bond donors (Lipinski definition) is 4. The number of rotatable bonds is 7. The van der Waals surface area contributed by atoms with Crippen molar-refractivity contribution in [1.29, 1.82) is 0 Å². The van der Waals surface area contributed by atoms with Crippen molar-refractivity contribution in [2.45, 2.75) is 43.6 Å². The lowest BCUT2D eigenvalue weighted by molar-refractivity contribution is -0.181. The van der Waals surface area contributed by atoms with Crippen LogP contribution in [0.25, 0.3) is 11.1 Å². The monoisotopic (exact) mass is 615 g/mol. The van der Waals surface area contributed by atoms with Crippen LogP contribution in [0.2, 0.25) is 0 Å². The maximum atomic E-state index is 13.9. The molecule has 10 nitrogen and oxygen atoms in total. The predicted molar refractivity (Wildman–Crippen MR) is 149 cm³/mol. The van der Waals surface area contributed by atoms with E-state index >= 15 is 0 Å². The summed E-state index contributed by atoms with van der Waals surface area (Å²) in [6, 6.07) is 8.65. The second-order valence-corrected chi connectivity index (χ2v) is 12.0. The molecule has 0 aliphatic heterocycles. The van der Waals surface area contributed by atoms with Crippen LogP contribution in [-0.4, -0.2) is 82.6 Å². The van der Waals surface area contributed by atoms with Crippen LogP contribution in [0.4, 0.5) is 13.2 Å². The number of nitrogens with two attached hydrogens (primary N) is 1. The van der Waals surface area contributed by atoms with Crippen LogP contribution in [0.1, 0.15) is 34.3 Å². The summed E-state index contributed by atoms with van der Waals surface area (Å²) in [4.78, 5) is 68.0. The number of Topliss-reactive ketones (excluding diaryl/α,β-unsaturated/α-hetero) is 4. The van der Waals surface area contributed by atoms with Gasteiger partial charge in [0.1, 0.15) is 5.75 Å². The Morgan fingerprint density at radius 1 is 1.07 bits per heavy atom. The summed E-state index contributed by atoms with van der Waals surface area (Å²) < 4.78 is 37.2. The van der Waals surface area contributed by atoms with Gasteiger partial charge in [-0.15, -0.1) is 0 Å². The SMILES string of the molecule is CN(C)[C@@H]1C(=O)C(C(N)=O)C(=O)[C@@]2(O)C(=O)C3C(=O)c4c(O)ccc(-c5ccc(CNCCC(F)(F)F)cc5)c4C[C@H]3C[C@@H]12. The number of carbonyl (C=O) groups excluding carboxylic acids is 5. The average Bonchev–Trinajstić information content (AvgIpc) is 2.93. The number of likely N-dealkylation sites (N-methyl/N-ethyl adjacent to an activating group) is 1. The molecule has 5 rings (SSSR count). The zero-order valence-corrected chi connectivity index (χ0v) is 24.0. The zero-order chi connectivity index (χ0) is 32.3. The molecule has 2 saturated carbocycles. The molecule has 0 aromatic heterocycles. The molecule has 2 unspecified atom stereocenters. The molecule has 0 saturated heterocycles. The number of phenolic OH excluding ortho intramolecular Hbond substituents is 1. The fourth-order valence-electron chi connectivity index (χ4n) is 7.14. The van der Waals surface area contributed by atoms with Crippen molar-refractivity contribution in [2.75, 3.05) is 20.6 Å². The van der Waals surface area contributed by atoms with E-state index in [0.29, 0.717) is 16.7 Å². The summed E-state index contributed by atoms with van der Waals surface area (Å²) in [5, 5.41) is 25.2. The zero-order valence-electron chi connectivity index (χ0n) is 24.0. The summed E-state index contributed by atoms with van der Waals surface area (Å²) in [7, 11) is 3.03. The van der Waals surface area contributed by atoms with E-state index in [4.69, 9.17) is 5.73 Å². The number of halogens is 3. The quantitative estimate of drug-likeness (QED) is 0.267. The summed E-state index contributed by atoms with van der Waals surface area (Å²) in [6.45, 7) is -0.0227. The van der Waals surface area contributed by atoms with Crippen molar-refractivity contribution >= 4 is 29.0 Å². The van der Waals surface area contributed by atoms with Gasteiger partial charge in [-0.1, -0.05) is 30.3 Å². The Hall–Kier alpha value is -3.94. The Balaban J connectivity index is 1.49. The fraction of sp³-hybridized carbons (Fsp3) is 0.452. The molecule has 3 aliphatic carbocycles. The van der Waals surface area contributed by atoms with E-state index in [9.17, 15) is 47.4 Å². The van der Waals surface area contributed by atoms with Gasteiger partial charge in [0, 0.05) is 19.0 Å². The van der Waals surface area contributed by atoms with E-state index in [0.717, 1.165) is 5.56 Å². The van der Waals surface area contributed by atoms with E-state index in [1.54, 1.807) is 30.3 Å². The van der Waals surface area contributed by atoms with Crippen molar-refractivity contribution < 1.29 is 47.4 Å². The maximum Gasteiger partial charge on any atom is 0.390 e. The maximum absolute atomic E-state index is 13.9. The van der Waals surface area contributed by atoms with Gasteiger partial charge in [-0.25, -0.2) is 0 Å². The number of benzene rings is 2. The molecular weight excluding hydrogens is 583 g/mol. The third-order valence-corrected chi connectivity index (χ3v) is 9.12. The number of phenols is 1. The van der Waals surface area contributed by atoms with Crippen LogP contribution >= 0.6 is 0 Å². The topological polar surface area (TPSA) is 167 Å². The van der Waals surface area contributed by atoms with E-state index in [1.807, 2.05) is 0 Å². The van der Waals surface area contributed by atoms with Crippen molar-refractivity contribution in [1.82, 2.24) is 10.2 Å². The van der Waals surface area contributed by atoms with Gasteiger partial charge in [-0.2, -0.15) is 13.2 Å². The number of primary amides is 1. The molecule has 2 fully saturated rings. The number of carbonyl (C=O) groups is 5. The Morgan fingerprint density at radius 3 is 2.32 bits per heavy atom. The summed E-state index contributed by atoms with van der Waals surface area (Å²) in [5.74, 6) is -11.2. The Morgan fingerprint density at radius 2 is 1.73 bits per heavy atom. The summed E-state index contributed by atoms with van der Waals surface area (Å²) >= 11 is 0. The van der Waals surface area contributed by atoms with Crippen LogP contribution in [0.15, 0.2) is 36.4 Å². The second-order valence-electron chi connectivity index (χ2n) is 12.0. The summed E-state index contributed by atoms with van der Waals surface area (Å²) in [5.41, 5.74) is 4.85. The lowest BCUT2D eigenvalue weighted by Crippen LogP contribution is -2.74. The third kappa shape index (κ3) is 5.12. The van der Waals surface area contributed by atoms with Gasteiger partial charge in [-0.05, 0) is 61.2 Å². The number of fused-ring (bicyclic) bond motifs is 3. The smallest absolute Gasteiger partial charge is 0.390 e. The number of nitrogens with zero attached hydrogens (tertiary/aromatic N) is 1. The molecule has 2 aromatic rings. The molecular formula is C31H32F3N3O7. The largest absolute Gasteiger partial charge is 0.507 e. The Labute approximate surface area is 250 Å². The molecule has 1 amide bonds. The first kappa shape index (κ1) is 31.5. The van der Waals surface area contributed by atoms with Crippen LogP contribution < -0.4 is 11.1 Å².